The number of likely N-dealkylation sites (tertiary alicyclic amines) is 1. The van der Waals surface area contributed by atoms with Gasteiger partial charge in [0.05, 0.1) is 6.54 Å². The molecule has 110 valence electrons. The number of phenols is 1. The Kier molecular flexibility index (Phi) is 3.74. The summed E-state index contributed by atoms with van der Waals surface area (Å²) in [5, 5.41) is 9.36. The highest BCUT2D eigenvalue weighted by molar-refractivity contribution is 5.95. The Hall–Kier alpha value is -1.99. The second kappa shape index (κ2) is 5.18. The maximum Gasteiger partial charge on any atom is 0.387 e. The summed E-state index contributed by atoms with van der Waals surface area (Å²) >= 11 is 0. The fourth-order valence-corrected chi connectivity index (χ4v) is 1.97. The number of rotatable bonds is 3. The van der Waals surface area contributed by atoms with E-state index in [-0.39, 0.29) is 12.1 Å². The van der Waals surface area contributed by atoms with Crippen molar-refractivity contribution in [3.63, 3.8) is 0 Å². The van der Waals surface area contributed by atoms with Crippen LogP contribution in [-0.2, 0) is 0 Å². The van der Waals surface area contributed by atoms with Crippen LogP contribution in [0.1, 0.15) is 16.8 Å². The molecular formula is C12H11F4NO3. The van der Waals surface area contributed by atoms with Crippen molar-refractivity contribution in [1.82, 2.24) is 4.90 Å². The molecule has 0 unspecified atom stereocenters. The van der Waals surface area contributed by atoms with Gasteiger partial charge >= 0.3 is 6.61 Å². The van der Waals surface area contributed by atoms with Crippen LogP contribution < -0.4 is 4.74 Å². The van der Waals surface area contributed by atoms with E-state index in [1.54, 1.807) is 0 Å². The van der Waals surface area contributed by atoms with Gasteiger partial charge in [-0.3, -0.25) is 4.79 Å². The largest absolute Gasteiger partial charge is 0.508 e. The maximum atomic E-state index is 13.0. The first-order chi connectivity index (χ1) is 9.27. The zero-order valence-corrected chi connectivity index (χ0v) is 10.2. The summed E-state index contributed by atoms with van der Waals surface area (Å²) in [5.41, 5.74) is -0.182. The molecule has 1 saturated heterocycles. The van der Waals surface area contributed by atoms with Crippen LogP contribution in [0.4, 0.5) is 17.6 Å². The number of halogens is 4. The van der Waals surface area contributed by atoms with Gasteiger partial charge in [0.25, 0.3) is 11.8 Å². The molecule has 1 heterocycles. The smallest absolute Gasteiger partial charge is 0.387 e. The van der Waals surface area contributed by atoms with Crippen LogP contribution in [0.15, 0.2) is 18.2 Å². The average Bonchev–Trinajstić information content (AvgIpc) is 2.67. The molecule has 1 aromatic rings. The lowest BCUT2D eigenvalue weighted by Crippen LogP contribution is -2.31. The van der Waals surface area contributed by atoms with Gasteiger partial charge in [-0.2, -0.15) is 8.78 Å². The highest BCUT2D eigenvalue weighted by Gasteiger charge is 2.40. The second-order valence-electron chi connectivity index (χ2n) is 4.43. The van der Waals surface area contributed by atoms with Crippen molar-refractivity contribution in [2.45, 2.75) is 19.0 Å². The number of amides is 1. The molecule has 0 saturated carbocycles. The van der Waals surface area contributed by atoms with Crippen molar-refractivity contribution in [3.05, 3.63) is 23.8 Å². The summed E-state index contributed by atoms with van der Waals surface area (Å²) in [4.78, 5) is 12.9. The fraction of sp³-hybridized carbons (Fsp3) is 0.417. The van der Waals surface area contributed by atoms with Gasteiger partial charge in [-0.15, -0.1) is 0 Å². The van der Waals surface area contributed by atoms with Crippen LogP contribution in [0.3, 0.4) is 0 Å². The van der Waals surface area contributed by atoms with Crippen LogP contribution in [0, 0.1) is 0 Å². The molecule has 1 aliphatic rings. The van der Waals surface area contributed by atoms with Gasteiger partial charge in [-0.05, 0) is 12.1 Å². The molecular weight excluding hydrogens is 282 g/mol. The highest BCUT2D eigenvalue weighted by atomic mass is 19.3. The van der Waals surface area contributed by atoms with Crippen LogP contribution in [0.25, 0.3) is 0 Å². The van der Waals surface area contributed by atoms with Crippen LogP contribution in [0.5, 0.6) is 11.5 Å². The third-order valence-electron chi connectivity index (χ3n) is 2.82. The van der Waals surface area contributed by atoms with Crippen LogP contribution in [0.2, 0.25) is 0 Å². The Morgan fingerprint density at radius 1 is 1.35 bits per heavy atom. The number of carbonyl (C=O) groups excluding carboxylic acids is 1. The van der Waals surface area contributed by atoms with Crippen molar-refractivity contribution in [3.8, 4) is 11.5 Å². The molecule has 1 amide bonds. The Bertz CT molecular complexity index is 521. The Balaban J connectivity index is 2.20. The predicted molar refractivity (Wildman–Crippen MR) is 60.2 cm³/mol. The molecule has 1 N–H and O–H groups in total. The molecule has 1 aliphatic heterocycles. The van der Waals surface area contributed by atoms with E-state index >= 15 is 0 Å². The predicted octanol–water partition coefficient (Wildman–Crippen LogP) is 2.47. The van der Waals surface area contributed by atoms with Gasteiger partial charge < -0.3 is 14.7 Å². The minimum atomic E-state index is -3.11. The summed E-state index contributed by atoms with van der Waals surface area (Å²) in [6.45, 7) is -3.98. The van der Waals surface area contributed by atoms with Crippen molar-refractivity contribution >= 4 is 5.91 Å². The normalized spacial score (nSPS) is 17.6. The van der Waals surface area contributed by atoms with Crippen molar-refractivity contribution in [2.75, 3.05) is 13.1 Å². The first-order valence-corrected chi connectivity index (χ1v) is 5.73. The van der Waals surface area contributed by atoms with Gasteiger partial charge in [0.15, 0.2) is 0 Å². The standard InChI is InChI=1S/C12H11F4NO3/c13-11(14)20-9-4-7(3-8(18)5-9)10(19)17-2-1-12(15,16)6-17/h3-5,11,18H,1-2,6H2. The monoisotopic (exact) mass is 293 g/mol. The van der Waals surface area contributed by atoms with E-state index in [2.05, 4.69) is 4.74 Å². The number of carbonyl (C=O) groups is 1. The first kappa shape index (κ1) is 14.4. The van der Waals surface area contributed by atoms with E-state index in [0.717, 1.165) is 23.1 Å². The minimum absolute atomic E-state index is 0.132. The number of phenolic OH excluding ortho intramolecular Hbond substituents is 1. The van der Waals surface area contributed by atoms with E-state index in [1.165, 1.54) is 0 Å². The van der Waals surface area contributed by atoms with Crippen molar-refractivity contribution < 1.29 is 32.2 Å². The first-order valence-electron chi connectivity index (χ1n) is 5.73. The zero-order valence-electron chi connectivity index (χ0n) is 10.2. The molecule has 2 rings (SSSR count). The highest BCUT2D eigenvalue weighted by Crippen LogP contribution is 2.30. The van der Waals surface area contributed by atoms with E-state index in [1.807, 2.05) is 0 Å². The molecule has 0 aliphatic carbocycles. The third-order valence-corrected chi connectivity index (χ3v) is 2.82. The number of hydrogen-bond donors (Lipinski definition) is 1. The lowest BCUT2D eigenvalue weighted by molar-refractivity contribution is -0.0499. The maximum absolute atomic E-state index is 13.0. The van der Waals surface area contributed by atoms with E-state index < -0.39 is 42.9 Å². The zero-order chi connectivity index (χ0) is 14.9. The second-order valence-corrected chi connectivity index (χ2v) is 4.43. The molecule has 0 radical (unpaired) electrons. The molecule has 1 aromatic carbocycles. The molecule has 20 heavy (non-hydrogen) atoms. The molecule has 0 atom stereocenters. The molecule has 8 heteroatoms. The number of ether oxygens (including phenoxy) is 1. The Morgan fingerprint density at radius 2 is 2.05 bits per heavy atom. The number of alkyl halides is 4. The van der Waals surface area contributed by atoms with Crippen molar-refractivity contribution in [2.24, 2.45) is 0 Å². The SMILES string of the molecule is O=C(c1cc(O)cc(OC(F)F)c1)N1CCC(F)(F)C1. The minimum Gasteiger partial charge on any atom is -0.508 e. The Morgan fingerprint density at radius 3 is 2.60 bits per heavy atom. The summed E-state index contributed by atoms with van der Waals surface area (Å²) in [7, 11) is 0. The fourth-order valence-electron chi connectivity index (χ4n) is 1.97. The van der Waals surface area contributed by atoms with Gasteiger partial charge in [0, 0.05) is 24.6 Å². The molecule has 0 bridgehead atoms. The lowest BCUT2D eigenvalue weighted by atomic mass is 10.1. The molecule has 0 aromatic heterocycles. The molecule has 0 spiro atoms. The van der Waals surface area contributed by atoms with Crippen LogP contribution in [-0.4, -0.2) is 41.5 Å². The summed E-state index contributed by atoms with van der Waals surface area (Å²) in [6.07, 6.45) is -0.446. The quantitative estimate of drug-likeness (QED) is 0.871. The van der Waals surface area contributed by atoms with Gasteiger partial charge in [0.2, 0.25) is 0 Å². The number of aromatic hydroxyl groups is 1. The summed E-state index contributed by atoms with van der Waals surface area (Å²) in [5.74, 6) is -4.58. The van der Waals surface area contributed by atoms with Gasteiger partial charge in [0.1, 0.15) is 11.5 Å². The lowest BCUT2D eigenvalue weighted by Gasteiger charge is -2.16. The van der Waals surface area contributed by atoms with Crippen LogP contribution >= 0.6 is 0 Å². The van der Waals surface area contributed by atoms with E-state index in [4.69, 9.17) is 0 Å². The number of nitrogens with zero attached hydrogens (tertiary/aromatic N) is 1. The number of hydrogen-bond acceptors (Lipinski definition) is 3. The van der Waals surface area contributed by atoms with Gasteiger partial charge in [-0.1, -0.05) is 0 Å². The molecule has 4 nitrogen and oxygen atoms in total. The van der Waals surface area contributed by atoms with Gasteiger partial charge in [-0.25, -0.2) is 8.78 Å². The summed E-state index contributed by atoms with van der Waals surface area (Å²) in [6, 6.07) is 2.89. The topological polar surface area (TPSA) is 49.8 Å². The average molecular weight is 293 g/mol. The Labute approximate surface area is 111 Å². The molecule has 1 fully saturated rings. The van der Waals surface area contributed by atoms with E-state index in [9.17, 15) is 27.5 Å². The summed E-state index contributed by atoms with van der Waals surface area (Å²) < 4.78 is 54.3. The number of benzene rings is 1. The van der Waals surface area contributed by atoms with Crippen molar-refractivity contribution in [1.29, 1.82) is 0 Å². The third kappa shape index (κ3) is 3.31. The van der Waals surface area contributed by atoms with E-state index in [0.29, 0.717) is 0 Å².